The summed E-state index contributed by atoms with van der Waals surface area (Å²) in [5, 5.41) is 0. The number of benzene rings is 6. The van der Waals surface area contributed by atoms with Crippen LogP contribution in [0.2, 0.25) is 0 Å². The molecule has 50 heavy (non-hydrogen) atoms. The first-order chi connectivity index (χ1) is 25.8. The normalized spacial score (nSPS) is 16.2. The topological polar surface area (TPSA) is 16.2 Å². The van der Waals surface area contributed by atoms with Crippen LogP contribution >= 0.6 is 0 Å². The van der Waals surface area contributed by atoms with Gasteiger partial charge in [0.15, 0.2) is 0 Å². The van der Waals surface area contributed by atoms with Crippen LogP contribution in [0.4, 0.5) is 34.1 Å². The average Bonchev–Trinajstić information content (AvgIpc) is 3.81. The molecule has 6 heteroatoms. The molecule has 0 amide bonds. The fraction of sp³-hybridized carbons (Fsp3) is 0.0455. The Kier molecular flexibility index (Phi) is 6.83. The standard InChI is InChI=1S/C44H35N5.Pt/c1-34-22-24-37(25-23-34)47-28-29-48(33-47)39-17-10-19-41(31-39)49(40-18-9-16-38(30-40)46-27-26-45(2)32-46)44-42(35-12-5-3-6-13-35)20-11-21-43(44)36-14-7-4-8-15-36;/h3-31H,1-2H3;/i2D3;. The molecule has 0 aromatic heterocycles. The molecule has 0 fully saturated rings. The second-order valence-corrected chi connectivity index (χ2v) is 14.9. The van der Waals surface area contributed by atoms with E-state index in [1.54, 1.807) is 6.20 Å². The molecule has 6 aromatic rings. The van der Waals surface area contributed by atoms with E-state index in [0.29, 0.717) is 0 Å². The predicted octanol–water partition coefficient (Wildman–Crippen LogP) is 10.1. The second kappa shape index (κ2) is 12.6. The van der Waals surface area contributed by atoms with Gasteiger partial charge in [-0.3, -0.25) is 0 Å². The van der Waals surface area contributed by atoms with E-state index in [4.69, 9.17) is 4.11 Å². The van der Waals surface area contributed by atoms with Gasteiger partial charge in [-0.15, -0.1) is 0 Å². The van der Waals surface area contributed by atoms with Gasteiger partial charge in [-0.05, 0) is 0 Å². The summed E-state index contributed by atoms with van der Waals surface area (Å²) in [7, 11) is 0. The molecule has 3 heterocycles. The van der Waals surface area contributed by atoms with Crippen molar-refractivity contribution in [2.45, 2.75) is 6.92 Å². The summed E-state index contributed by atoms with van der Waals surface area (Å²) in [5.74, 6) is 0. The van der Waals surface area contributed by atoms with Crippen LogP contribution in [-0.2, 0) is 17.6 Å². The molecule has 9 rings (SSSR count). The van der Waals surface area contributed by atoms with Gasteiger partial charge in [-0.2, -0.15) is 0 Å². The predicted molar refractivity (Wildman–Crippen MR) is 207 cm³/mol. The summed E-state index contributed by atoms with van der Waals surface area (Å²) in [6, 6.07) is 53.2. The SMILES string of the molecule is [2H]C([2H])([2H])N1C=CN2[C]1=[Pt]=[C]1N(c3ccc(C)cc3)C=CN1c1cccc(c1)N(c1c(-c3ccccc3)cccc1-c1ccccc1)c1cccc2c1. The summed E-state index contributed by atoms with van der Waals surface area (Å²) in [5.41, 5.74) is 11.5. The zero-order valence-corrected chi connectivity index (χ0v) is 29.6. The van der Waals surface area contributed by atoms with Gasteiger partial charge in [0, 0.05) is 0 Å². The molecule has 0 aliphatic carbocycles. The Morgan fingerprint density at radius 1 is 0.460 bits per heavy atom. The van der Waals surface area contributed by atoms with Crippen molar-refractivity contribution in [1.82, 2.24) is 4.90 Å². The number of aryl methyl sites for hydroxylation is 1. The third kappa shape index (κ3) is 5.31. The molecule has 4 bridgehead atoms. The summed E-state index contributed by atoms with van der Waals surface area (Å²) < 4.78 is 27.5. The van der Waals surface area contributed by atoms with E-state index in [-0.39, 0.29) is 0 Å². The number of rotatable bonds is 4. The van der Waals surface area contributed by atoms with Gasteiger partial charge in [0.25, 0.3) is 0 Å². The first kappa shape index (κ1) is 27.1. The van der Waals surface area contributed by atoms with Crippen LogP contribution in [0.15, 0.2) is 176 Å². The Morgan fingerprint density at radius 2 is 0.960 bits per heavy atom. The Balaban J connectivity index is 1.34. The molecule has 0 radical (unpaired) electrons. The fourth-order valence-electron chi connectivity index (χ4n) is 6.66. The van der Waals surface area contributed by atoms with Crippen molar-refractivity contribution >= 4 is 42.4 Å². The fourth-order valence-corrected chi connectivity index (χ4v) is 9.76. The Labute approximate surface area is 305 Å². The number of anilines is 6. The minimum absolute atomic E-state index is 0.751. The third-order valence-corrected chi connectivity index (χ3v) is 12.3. The van der Waals surface area contributed by atoms with Crippen LogP contribution in [0.5, 0.6) is 0 Å². The van der Waals surface area contributed by atoms with Crippen LogP contribution in [0, 0.1) is 6.92 Å². The number of fused-ring (bicyclic) bond motifs is 8. The average molecular weight is 832 g/mol. The Bertz CT molecular complexity index is 2410. The number of nitrogens with zero attached hydrogens (tertiary/aromatic N) is 5. The number of para-hydroxylation sites is 1. The van der Waals surface area contributed by atoms with Gasteiger partial charge in [0.2, 0.25) is 0 Å². The number of hydrogen-bond donors (Lipinski definition) is 0. The minimum atomic E-state index is -2.35. The summed E-state index contributed by atoms with van der Waals surface area (Å²) in [6.45, 7) is -0.269. The van der Waals surface area contributed by atoms with Crippen LogP contribution < -0.4 is 19.6 Å². The van der Waals surface area contributed by atoms with E-state index in [1.165, 1.54) is 10.5 Å². The van der Waals surface area contributed by atoms with Crippen molar-refractivity contribution in [3.63, 3.8) is 0 Å². The molecule has 246 valence electrons. The van der Waals surface area contributed by atoms with Gasteiger partial charge in [-0.25, -0.2) is 0 Å². The molecule has 0 unspecified atom stereocenters. The molecule has 0 saturated carbocycles. The zero-order valence-electron chi connectivity index (χ0n) is 30.3. The maximum atomic E-state index is 8.56. The van der Waals surface area contributed by atoms with E-state index in [0.717, 1.165) is 64.7 Å². The molecule has 0 N–H and O–H groups in total. The van der Waals surface area contributed by atoms with Gasteiger partial charge >= 0.3 is 307 Å². The van der Waals surface area contributed by atoms with Crippen molar-refractivity contribution in [1.29, 1.82) is 0 Å². The molecular formula is C44H35N5Pt. The second-order valence-electron chi connectivity index (χ2n) is 12.3. The summed E-state index contributed by atoms with van der Waals surface area (Å²) >= 11 is -1.09. The maximum absolute atomic E-state index is 8.56. The van der Waals surface area contributed by atoms with Crippen molar-refractivity contribution in [3.05, 3.63) is 182 Å². The molecule has 3 aliphatic heterocycles. The summed E-state index contributed by atoms with van der Waals surface area (Å²) in [6.07, 6.45) is 7.79. The molecule has 0 atom stereocenters. The molecule has 0 spiro atoms. The molecule has 0 saturated heterocycles. The van der Waals surface area contributed by atoms with Gasteiger partial charge in [-0.1, -0.05) is 0 Å². The van der Waals surface area contributed by atoms with Crippen molar-refractivity contribution in [3.8, 4) is 22.3 Å². The van der Waals surface area contributed by atoms with Crippen LogP contribution in [0.3, 0.4) is 0 Å². The van der Waals surface area contributed by atoms with E-state index in [9.17, 15) is 0 Å². The van der Waals surface area contributed by atoms with Crippen molar-refractivity contribution in [2.75, 3.05) is 26.6 Å². The molecule has 5 nitrogen and oxygen atoms in total. The zero-order chi connectivity index (χ0) is 36.1. The molecule has 3 aliphatic rings. The van der Waals surface area contributed by atoms with E-state index in [1.807, 2.05) is 18.3 Å². The summed E-state index contributed by atoms with van der Waals surface area (Å²) in [4.78, 5) is 10.3. The van der Waals surface area contributed by atoms with Gasteiger partial charge in [0.1, 0.15) is 0 Å². The Morgan fingerprint density at radius 3 is 1.54 bits per heavy atom. The van der Waals surface area contributed by atoms with Gasteiger partial charge < -0.3 is 0 Å². The van der Waals surface area contributed by atoms with Crippen molar-refractivity contribution in [2.24, 2.45) is 0 Å². The van der Waals surface area contributed by atoms with Crippen molar-refractivity contribution < 1.29 is 21.8 Å². The van der Waals surface area contributed by atoms with E-state index in [2.05, 4.69) is 178 Å². The molecule has 6 aromatic carbocycles. The van der Waals surface area contributed by atoms with Crippen LogP contribution in [-0.4, -0.2) is 20.2 Å². The first-order valence-corrected chi connectivity index (χ1v) is 18.8. The Hall–Kier alpha value is -5.77. The van der Waals surface area contributed by atoms with Gasteiger partial charge in [0.05, 0.1) is 0 Å². The monoisotopic (exact) mass is 831 g/mol. The van der Waals surface area contributed by atoms with E-state index >= 15 is 0 Å². The van der Waals surface area contributed by atoms with Crippen LogP contribution in [0.25, 0.3) is 22.3 Å². The third-order valence-electron chi connectivity index (χ3n) is 9.08. The van der Waals surface area contributed by atoms with E-state index < -0.39 is 24.6 Å². The first-order valence-electron chi connectivity index (χ1n) is 18.0. The number of hydrogen-bond acceptors (Lipinski definition) is 5. The van der Waals surface area contributed by atoms with Crippen LogP contribution in [0.1, 0.15) is 9.68 Å². The molecular weight excluding hydrogens is 794 g/mol. The quantitative estimate of drug-likeness (QED) is 0.175.